The fourth-order valence-electron chi connectivity index (χ4n) is 1.77. The van der Waals surface area contributed by atoms with E-state index in [1.807, 2.05) is 18.2 Å². The molecule has 0 saturated heterocycles. The summed E-state index contributed by atoms with van der Waals surface area (Å²) in [7, 11) is 1.59. The van der Waals surface area contributed by atoms with Gasteiger partial charge in [-0.3, -0.25) is 14.9 Å². The van der Waals surface area contributed by atoms with Crippen molar-refractivity contribution in [3.63, 3.8) is 0 Å². The van der Waals surface area contributed by atoms with E-state index in [2.05, 4.69) is 15.2 Å². The number of methoxy groups -OCH3 is 1. The number of nitrogens with two attached hydrogens (primary N) is 1. The highest BCUT2D eigenvalue weighted by Crippen LogP contribution is 2.12. The van der Waals surface area contributed by atoms with Gasteiger partial charge in [-0.15, -0.1) is 0 Å². The summed E-state index contributed by atoms with van der Waals surface area (Å²) in [6.45, 7) is 1.28. The molecule has 0 radical (unpaired) electrons. The number of ether oxygens (including phenoxy) is 1. The van der Waals surface area contributed by atoms with Crippen LogP contribution in [0.15, 0.2) is 30.6 Å². The maximum absolute atomic E-state index is 12.4. The fourth-order valence-corrected chi connectivity index (χ4v) is 1.77. The van der Waals surface area contributed by atoms with Crippen LogP contribution in [0.3, 0.4) is 0 Å². The molecule has 0 aliphatic rings. The van der Waals surface area contributed by atoms with Crippen molar-refractivity contribution in [1.82, 2.24) is 20.1 Å². The first-order valence-corrected chi connectivity index (χ1v) is 6.19. The van der Waals surface area contributed by atoms with E-state index < -0.39 is 0 Å². The third-order valence-electron chi connectivity index (χ3n) is 2.81. The van der Waals surface area contributed by atoms with E-state index in [1.165, 1.54) is 6.20 Å². The van der Waals surface area contributed by atoms with Crippen LogP contribution in [-0.4, -0.2) is 46.2 Å². The Morgan fingerprint density at radius 1 is 1.50 bits per heavy atom. The lowest BCUT2D eigenvalue weighted by atomic mass is 10.2. The van der Waals surface area contributed by atoms with Crippen molar-refractivity contribution < 1.29 is 9.53 Å². The molecule has 7 nitrogen and oxygen atoms in total. The molecule has 3 N–H and O–H groups in total. The maximum Gasteiger partial charge on any atom is 0.274 e. The Bertz CT molecular complexity index is 555. The molecule has 2 rings (SSSR count). The average Bonchev–Trinajstić information content (AvgIpc) is 2.90. The number of carbonyl (C=O) groups excluding carboxylic acids is 1. The van der Waals surface area contributed by atoms with Crippen molar-refractivity contribution in [3.05, 3.63) is 42.0 Å². The van der Waals surface area contributed by atoms with Gasteiger partial charge in [0.05, 0.1) is 30.7 Å². The van der Waals surface area contributed by atoms with Crippen LogP contribution in [0.1, 0.15) is 16.2 Å². The first-order chi connectivity index (χ1) is 9.72. The van der Waals surface area contributed by atoms with Crippen LogP contribution in [0, 0.1) is 0 Å². The summed E-state index contributed by atoms with van der Waals surface area (Å²) < 4.78 is 5.04. The minimum atomic E-state index is -0.220. The second kappa shape index (κ2) is 6.67. The molecule has 2 heterocycles. The Kier molecular flexibility index (Phi) is 4.67. The van der Waals surface area contributed by atoms with Crippen molar-refractivity contribution in [3.8, 4) is 0 Å². The van der Waals surface area contributed by atoms with Crippen LogP contribution in [0.2, 0.25) is 0 Å². The van der Waals surface area contributed by atoms with Gasteiger partial charge >= 0.3 is 0 Å². The molecule has 0 spiro atoms. The third-order valence-corrected chi connectivity index (χ3v) is 2.81. The lowest BCUT2D eigenvalue weighted by Crippen LogP contribution is -2.34. The predicted octanol–water partition coefficient (Wildman–Crippen LogP) is 0.676. The number of pyridine rings is 1. The summed E-state index contributed by atoms with van der Waals surface area (Å²) in [5.41, 5.74) is 7.13. The number of hydrogen-bond donors (Lipinski definition) is 2. The summed E-state index contributed by atoms with van der Waals surface area (Å²) in [6.07, 6.45) is 3.11. The second-order valence-electron chi connectivity index (χ2n) is 4.24. The maximum atomic E-state index is 12.4. The van der Waals surface area contributed by atoms with Crippen LogP contribution in [0.4, 0.5) is 5.69 Å². The molecule has 0 saturated carbocycles. The zero-order valence-corrected chi connectivity index (χ0v) is 11.2. The Morgan fingerprint density at radius 2 is 2.35 bits per heavy atom. The molecular formula is C13H17N5O2. The lowest BCUT2D eigenvalue weighted by molar-refractivity contribution is 0.0673. The van der Waals surface area contributed by atoms with Crippen LogP contribution in [0.5, 0.6) is 0 Å². The van der Waals surface area contributed by atoms with Gasteiger partial charge in [-0.1, -0.05) is 6.07 Å². The number of aromatic amines is 1. The second-order valence-corrected chi connectivity index (χ2v) is 4.24. The van der Waals surface area contributed by atoms with Crippen LogP contribution in [-0.2, 0) is 11.3 Å². The van der Waals surface area contributed by atoms with Gasteiger partial charge in [0.15, 0.2) is 0 Å². The number of nitrogens with zero attached hydrogens (tertiary/aromatic N) is 3. The first kappa shape index (κ1) is 14.0. The van der Waals surface area contributed by atoms with Gasteiger partial charge in [-0.25, -0.2) is 0 Å². The quantitative estimate of drug-likeness (QED) is 0.807. The minimum Gasteiger partial charge on any atom is -0.396 e. The van der Waals surface area contributed by atoms with E-state index in [1.54, 1.807) is 18.2 Å². The van der Waals surface area contributed by atoms with Gasteiger partial charge in [-0.2, -0.15) is 5.10 Å². The number of hydrogen-bond acceptors (Lipinski definition) is 5. The summed E-state index contributed by atoms with van der Waals surface area (Å²) >= 11 is 0. The van der Waals surface area contributed by atoms with Crippen molar-refractivity contribution in [1.29, 1.82) is 0 Å². The Labute approximate surface area is 116 Å². The van der Waals surface area contributed by atoms with Crippen LogP contribution in [0.25, 0.3) is 0 Å². The van der Waals surface area contributed by atoms with Gasteiger partial charge in [0.25, 0.3) is 5.91 Å². The first-order valence-electron chi connectivity index (χ1n) is 6.19. The largest absolute Gasteiger partial charge is 0.396 e. The number of carbonyl (C=O) groups is 1. The molecular weight excluding hydrogens is 258 g/mol. The molecule has 1 amide bonds. The summed E-state index contributed by atoms with van der Waals surface area (Å²) in [5.74, 6) is -0.220. The molecule has 0 aromatic carbocycles. The highest BCUT2D eigenvalue weighted by molar-refractivity contribution is 5.96. The zero-order valence-electron chi connectivity index (χ0n) is 11.2. The van der Waals surface area contributed by atoms with Crippen molar-refractivity contribution >= 4 is 11.6 Å². The number of H-pyrrole nitrogens is 1. The molecule has 0 bridgehead atoms. The van der Waals surface area contributed by atoms with E-state index >= 15 is 0 Å². The molecule has 2 aromatic heterocycles. The highest BCUT2D eigenvalue weighted by atomic mass is 16.5. The molecule has 0 aliphatic carbocycles. The third kappa shape index (κ3) is 3.33. The highest BCUT2D eigenvalue weighted by Gasteiger charge is 2.20. The van der Waals surface area contributed by atoms with E-state index in [4.69, 9.17) is 10.5 Å². The van der Waals surface area contributed by atoms with Crippen molar-refractivity contribution in [2.24, 2.45) is 0 Å². The normalized spacial score (nSPS) is 10.4. The smallest absolute Gasteiger partial charge is 0.274 e. The van der Waals surface area contributed by atoms with Gasteiger partial charge in [0.1, 0.15) is 5.69 Å². The Balaban J connectivity index is 2.15. The number of anilines is 1. The number of nitrogen functional groups attached to an aromatic ring is 1. The van der Waals surface area contributed by atoms with Crippen molar-refractivity contribution in [2.75, 3.05) is 26.0 Å². The molecule has 7 heteroatoms. The van der Waals surface area contributed by atoms with Gasteiger partial charge in [0.2, 0.25) is 0 Å². The molecule has 0 atom stereocenters. The predicted molar refractivity (Wildman–Crippen MR) is 73.9 cm³/mol. The monoisotopic (exact) mass is 275 g/mol. The van der Waals surface area contributed by atoms with Gasteiger partial charge in [-0.05, 0) is 12.1 Å². The van der Waals surface area contributed by atoms with Crippen molar-refractivity contribution in [2.45, 2.75) is 6.54 Å². The molecule has 0 unspecified atom stereocenters. The van der Waals surface area contributed by atoms with E-state index in [9.17, 15) is 4.79 Å². The minimum absolute atomic E-state index is 0.220. The fraction of sp³-hybridized carbons (Fsp3) is 0.308. The van der Waals surface area contributed by atoms with Gasteiger partial charge < -0.3 is 15.4 Å². The molecule has 106 valence electrons. The molecule has 0 fully saturated rings. The SMILES string of the molecule is COCCN(Cc1ccccn1)C(=O)c1[nH]ncc1N. The molecule has 0 aliphatic heterocycles. The zero-order chi connectivity index (χ0) is 14.4. The average molecular weight is 275 g/mol. The topological polar surface area (TPSA) is 97.1 Å². The van der Waals surface area contributed by atoms with E-state index in [-0.39, 0.29) is 11.6 Å². The number of nitrogens with one attached hydrogen (secondary N) is 1. The van der Waals surface area contributed by atoms with E-state index in [0.29, 0.717) is 25.4 Å². The van der Waals surface area contributed by atoms with Gasteiger partial charge in [0, 0.05) is 19.9 Å². The standard InChI is InChI=1S/C13H17N5O2/c1-20-7-6-18(9-10-4-2-3-5-15-10)13(19)12-11(14)8-16-17-12/h2-5,8H,6-7,9,14H2,1H3,(H,16,17). The summed E-state index contributed by atoms with van der Waals surface area (Å²) in [6, 6.07) is 5.58. The number of aromatic nitrogens is 3. The number of amides is 1. The summed E-state index contributed by atoms with van der Waals surface area (Å²) in [5, 5.41) is 6.39. The summed E-state index contributed by atoms with van der Waals surface area (Å²) in [4.78, 5) is 18.3. The molecule has 2 aromatic rings. The number of rotatable bonds is 6. The Morgan fingerprint density at radius 3 is 2.95 bits per heavy atom. The lowest BCUT2D eigenvalue weighted by Gasteiger charge is -2.21. The Hall–Kier alpha value is -2.41. The van der Waals surface area contributed by atoms with Crippen LogP contribution >= 0.6 is 0 Å². The van der Waals surface area contributed by atoms with E-state index in [0.717, 1.165) is 5.69 Å². The van der Waals surface area contributed by atoms with Crippen LogP contribution < -0.4 is 5.73 Å². The molecule has 20 heavy (non-hydrogen) atoms.